The summed E-state index contributed by atoms with van der Waals surface area (Å²) in [6, 6.07) is 18.5. The molecule has 0 bridgehead atoms. The molecule has 0 spiro atoms. The fraction of sp³-hybridized carbons (Fsp3) is 0.242. The summed E-state index contributed by atoms with van der Waals surface area (Å²) in [5, 5.41) is 1.88. The van der Waals surface area contributed by atoms with Crippen LogP contribution in [0.1, 0.15) is 37.9 Å². The molecule has 0 unspecified atom stereocenters. The average molecular weight is 566 g/mol. The molecule has 1 aliphatic heterocycles. The van der Waals surface area contributed by atoms with E-state index in [4.69, 9.17) is 20.9 Å². The van der Waals surface area contributed by atoms with Gasteiger partial charge < -0.3 is 14.4 Å². The largest absolute Gasteiger partial charge is 0.496 e. The minimum absolute atomic E-state index is 0.114. The van der Waals surface area contributed by atoms with Gasteiger partial charge in [0.2, 0.25) is 0 Å². The number of hydrogen-bond donors (Lipinski definition) is 0. The second-order valence-electron chi connectivity index (χ2n) is 9.49. The highest BCUT2D eigenvalue weighted by atomic mass is 32.1. The molecule has 3 aromatic carbocycles. The van der Waals surface area contributed by atoms with Crippen molar-refractivity contribution < 1.29 is 14.3 Å². The topological polar surface area (TPSA) is 73.1 Å². The number of carbonyl (C=O) groups excluding carboxylic acids is 1. The smallest absolute Gasteiger partial charge is 0.271 e. The average Bonchev–Trinajstić information content (AvgIpc) is 3.29. The number of thiazole rings is 1. The summed E-state index contributed by atoms with van der Waals surface area (Å²) in [7, 11) is 1.60. The summed E-state index contributed by atoms with van der Waals surface area (Å²) in [4.78, 5) is 35.4. The van der Waals surface area contributed by atoms with Crippen LogP contribution in [0.4, 0.5) is 0 Å². The van der Waals surface area contributed by atoms with E-state index >= 15 is 0 Å². The van der Waals surface area contributed by atoms with E-state index in [0.29, 0.717) is 45.2 Å². The van der Waals surface area contributed by atoms with Crippen LogP contribution in [0.5, 0.6) is 11.5 Å². The predicted octanol–water partition coefficient (Wildman–Crippen LogP) is 4.28. The number of rotatable bonds is 8. The van der Waals surface area contributed by atoms with Gasteiger partial charge in [-0.3, -0.25) is 14.2 Å². The summed E-state index contributed by atoms with van der Waals surface area (Å²) in [6.45, 7) is 6.90. The quantitative estimate of drug-likeness (QED) is 0.299. The molecule has 2 heterocycles. The molecule has 5 rings (SSSR count). The highest BCUT2D eigenvalue weighted by Crippen LogP contribution is 2.40. The molecule has 1 amide bonds. The third kappa shape index (κ3) is 5.05. The van der Waals surface area contributed by atoms with Crippen molar-refractivity contribution in [2.45, 2.75) is 26.8 Å². The third-order valence-electron chi connectivity index (χ3n) is 7.24. The van der Waals surface area contributed by atoms with Crippen molar-refractivity contribution in [2.75, 3.05) is 26.8 Å². The van der Waals surface area contributed by atoms with E-state index in [1.54, 1.807) is 22.7 Å². The SMILES string of the molecule is C#CCOc1ccccc1/C=c1/sc2n(c1=O)[C@H](c1c(OC)ccc3ccccc13)C(C(=O)N(CC)CC)=C(C)N=2. The van der Waals surface area contributed by atoms with Crippen molar-refractivity contribution >= 4 is 34.1 Å². The van der Waals surface area contributed by atoms with Crippen LogP contribution in [0.25, 0.3) is 16.8 Å². The highest BCUT2D eigenvalue weighted by molar-refractivity contribution is 7.07. The third-order valence-corrected chi connectivity index (χ3v) is 8.23. The van der Waals surface area contributed by atoms with Crippen LogP contribution < -0.4 is 24.4 Å². The lowest BCUT2D eigenvalue weighted by Gasteiger charge is -2.30. The van der Waals surface area contributed by atoms with Gasteiger partial charge in [0, 0.05) is 24.2 Å². The zero-order valence-electron chi connectivity index (χ0n) is 23.5. The standard InChI is InChI=1S/C33H31N3O4S/c1-6-19-40-25-16-12-10-14-23(25)20-27-31(37)36-30(29-24-15-11-9-13-22(24)17-18-26(29)39-5)28(21(4)34-33(36)41-27)32(38)35(7-2)8-3/h1,9-18,20,30H,7-8,19H2,2-5H3/b27-20+/t30-/m0/s1. The first-order valence-electron chi connectivity index (χ1n) is 13.5. The Hall–Kier alpha value is -4.61. The van der Waals surface area contributed by atoms with E-state index < -0.39 is 6.04 Å². The lowest BCUT2D eigenvalue weighted by molar-refractivity contribution is -0.127. The number of para-hydroxylation sites is 1. The van der Waals surface area contributed by atoms with Gasteiger partial charge in [0.05, 0.1) is 22.9 Å². The number of fused-ring (bicyclic) bond motifs is 2. The zero-order chi connectivity index (χ0) is 29.1. The van der Waals surface area contributed by atoms with Crippen LogP contribution in [-0.4, -0.2) is 42.2 Å². The molecular formula is C33H31N3O4S. The molecule has 0 aliphatic carbocycles. The van der Waals surface area contributed by atoms with Gasteiger partial charge >= 0.3 is 0 Å². The Balaban J connectivity index is 1.83. The van der Waals surface area contributed by atoms with Crippen molar-refractivity contribution in [1.82, 2.24) is 9.47 Å². The van der Waals surface area contributed by atoms with Crippen LogP contribution in [0, 0.1) is 12.3 Å². The van der Waals surface area contributed by atoms with Gasteiger partial charge in [0.25, 0.3) is 11.5 Å². The fourth-order valence-corrected chi connectivity index (χ4v) is 6.31. The van der Waals surface area contributed by atoms with Gasteiger partial charge in [-0.25, -0.2) is 4.99 Å². The molecule has 4 aromatic rings. The summed E-state index contributed by atoms with van der Waals surface area (Å²) < 4.78 is 13.7. The van der Waals surface area contributed by atoms with E-state index in [2.05, 4.69) is 5.92 Å². The summed E-state index contributed by atoms with van der Waals surface area (Å²) in [5.41, 5.74) is 2.26. The lowest BCUT2D eigenvalue weighted by Crippen LogP contribution is -2.43. The maximum absolute atomic E-state index is 14.3. The summed E-state index contributed by atoms with van der Waals surface area (Å²) >= 11 is 1.28. The highest BCUT2D eigenvalue weighted by Gasteiger charge is 2.36. The van der Waals surface area contributed by atoms with Gasteiger partial charge in [0.15, 0.2) is 4.80 Å². The van der Waals surface area contributed by atoms with Gasteiger partial charge in [-0.05, 0) is 49.8 Å². The number of benzene rings is 3. The number of carbonyl (C=O) groups is 1. The Labute approximate surface area is 242 Å². The molecule has 1 aliphatic rings. The molecule has 0 saturated carbocycles. The second-order valence-corrected chi connectivity index (χ2v) is 10.5. The van der Waals surface area contributed by atoms with E-state index in [0.717, 1.165) is 21.9 Å². The van der Waals surface area contributed by atoms with E-state index in [1.165, 1.54) is 11.3 Å². The molecule has 0 saturated heterocycles. The van der Waals surface area contributed by atoms with Crippen LogP contribution >= 0.6 is 11.3 Å². The molecule has 41 heavy (non-hydrogen) atoms. The Morgan fingerprint density at radius 2 is 1.83 bits per heavy atom. The van der Waals surface area contributed by atoms with Gasteiger partial charge in [0.1, 0.15) is 24.1 Å². The summed E-state index contributed by atoms with van der Waals surface area (Å²) in [5.74, 6) is 3.50. The van der Waals surface area contributed by atoms with Crippen molar-refractivity contribution in [3.8, 4) is 23.8 Å². The molecule has 8 heteroatoms. The van der Waals surface area contributed by atoms with Gasteiger partial charge in [-0.15, -0.1) is 6.42 Å². The number of likely N-dealkylation sites (N-methyl/N-ethyl adjacent to an activating group) is 1. The normalized spacial score (nSPS) is 14.8. The van der Waals surface area contributed by atoms with E-state index in [-0.39, 0.29) is 18.1 Å². The van der Waals surface area contributed by atoms with Crippen LogP contribution in [0.3, 0.4) is 0 Å². The van der Waals surface area contributed by atoms with Crippen LogP contribution in [0.15, 0.2) is 81.7 Å². The molecular weight excluding hydrogens is 534 g/mol. The maximum Gasteiger partial charge on any atom is 0.271 e. The minimum Gasteiger partial charge on any atom is -0.496 e. The maximum atomic E-state index is 14.3. The second kappa shape index (κ2) is 11.9. The Kier molecular flexibility index (Phi) is 8.09. The molecule has 7 nitrogen and oxygen atoms in total. The Bertz CT molecular complexity index is 1890. The van der Waals surface area contributed by atoms with Crippen molar-refractivity contribution in [2.24, 2.45) is 4.99 Å². The molecule has 208 valence electrons. The van der Waals surface area contributed by atoms with Crippen molar-refractivity contribution in [1.29, 1.82) is 0 Å². The number of hydrogen-bond acceptors (Lipinski definition) is 6. The number of amides is 1. The number of allylic oxidation sites excluding steroid dienone is 1. The first-order chi connectivity index (χ1) is 19.9. The number of methoxy groups -OCH3 is 1. The van der Waals surface area contributed by atoms with Crippen molar-refractivity contribution in [3.05, 3.63) is 103 Å². The molecule has 0 N–H and O–H groups in total. The lowest BCUT2D eigenvalue weighted by atomic mass is 9.90. The first-order valence-corrected chi connectivity index (χ1v) is 14.3. The number of ether oxygens (including phenoxy) is 2. The Morgan fingerprint density at radius 1 is 1.10 bits per heavy atom. The number of aromatic nitrogens is 1. The first kappa shape index (κ1) is 27.9. The van der Waals surface area contributed by atoms with E-state index in [9.17, 15) is 9.59 Å². The van der Waals surface area contributed by atoms with Gasteiger partial charge in [-0.1, -0.05) is 65.8 Å². The number of nitrogens with zero attached hydrogens (tertiary/aromatic N) is 3. The van der Waals surface area contributed by atoms with E-state index in [1.807, 2.05) is 81.4 Å². The van der Waals surface area contributed by atoms with Crippen LogP contribution in [0.2, 0.25) is 0 Å². The molecule has 0 radical (unpaired) electrons. The van der Waals surface area contributed by atoms with Crippen LogP contribution in [-0.2, 0) is 4.79 Å². The Morgan fingerprint density at radius 3 is 2.56 bits per heavy atom. The van der Waals surface area contributed by atoms with Crippen molar-refractivity contribution in [3.63, 3.8) is 0 Å². The number of terminal acetylenes is 1. The monoisotopic (exact) mass is 565 g/mol. The fourth-order valence-electron chi connectivity index (χ4n) is 5.28. The summed E-state index contributed by atoms with van der Waals surface area (Å²) in [6.07, 6.45) is 7.19. The predicted molar refractivity (Wildman–Crippen MR) is 163 cm³/mol. The zero-order valence-corrected chi connectivity index (χ0v) is 24.3. The van der Waals surface area contributed by atoms with Gasteiger partial charge in [-0.2, -0.15) is 0 Å². The molecule has 0 fully saturated rings. The minimum atomic E-state index is -0.740. The molecule has 1 aromatic heterocycles. The molecule has 1 atom stereocenters.